The molecule has 1 spiro atoms. The third-order valence-electron chi connectivity index (χ3n) is 5.89. The summed E-state index contributed by atoms with van der Waals surface area (Å²) in [4.78, 5) is 40.9. The molecule has 3 aromatic carbocycles. The summed E-state index contributed by atoms with van der Waals surface area (Å²) >= 11 is 1.16. The van der Waals surface area contributed by atoms with E-state index in [1.54, 1.807) is 54.6 Å². The number of thioether (sulfide) groups is 1. The van der Waals surface area contributed by atoms with Crippen LogP contribution in [-0.2, 0) is 25.4 Å². The highest BCUT2D eigenvalue weighted by molar-refractivity contribution is 8.02. The summed E-state index contributed by atoms with van der Waals surface area (Å²) in [5.41, 5.74) is 0.144. The van der Waals surface area contributed by atoms with Crippen molar-refractivity contribution in [2.45, 2.75) is 11.0 Å². The minimum Gasteiger partial charge on any atom is -0.324 e. The molecule has 3 aromatic rings. The van der Waals surface area contributed by atoms with Crippen molar-refractivity contribution >= 4 is 46.5 Å². The van der Waals surface area contributed by atoms with Crippen LogP contribution in [0, 0.1) is 0 Å². The van der Waals surface area contributed by atoms with Crippen molar-refractivity contribution in [2.24, 2.45) is 0 Å². The largest absolute Gasteiger partial charge is 0.418 e. The van der Waals surface area contributed by atoms with E-state index in [-0.39, 0.29) is 11.7 Å². The molecular weight excluding hydrogens is 479 g/mol. The zero-order chi connectivity index (χ0) is 24.8. The molecule has 10 heteroatoms. The van der Waals surface area contributed by atoms with Crippen molar-refractivity contribution in [1.29, 1.82) is 0 Å². The first-order chi connectivity index (χ1) is 16.7. The van der Waals surface area contributed by atoms with Gasteiger partial charge in [0.25, 0.3) is 5.91 Å². The smallest absolute Gasteiger partial charge is 0.324 e. The summed E-state index contributed by atoms with van der Waals surface area (Å²) in [6.45, 7) is -0.513. The maximum Gasteiger partial charge on any atom is 0.418 e. The Labute approximate surface area is 202 Å². The van der Waals surface area contributed by atoms with Crippen LogP contribution < -0.4 is 15.1 Å². The zero-order valence-corrected chi connectivity index (χ0v) is 18.9. The molecule has 2 aliphatic rings. The van der Waals surface area contributed by atoms with Crippen LogP contribution in [0.5, 0.6) is 0 Å². The highest BCUT2D eigenvalue weighted by Crippen LogP contribution is 2.55. The SMILES string of the molecule is O=C(CN1C(=O)[C@@]2(SCC(=O)N2c2ccccc2)c2ccccc21)Nc1ccccc1C(F)(F)F. The Morgan fingerprint density at radius 2 is 1.60 bits per heavy atom. The molecular formula is C25H18F3N3O3S. The predicted molar refractivity (Wildman–Crippen MR) is 127 cm³/mol. The van der Waals surface area contributed by atoms with Crippen molar-refractivity contribution in [3.05, 3.63) is 90.0 Å². The van der Waals surface area contributed by atoms with Crippen LogP contribution in [0.25, 0.3) is 0 Å². The molecule has 0 aliphatic carbocycles. The average molecular weight is 497 g/mol. The minimum atomic E-state index is -4.65. The lowest BCUT2D eigenvalue weighted by Crippen LogP contribution is -2.50. The fourth-order valence-electron chi connectivity index (χ4n) is 4.46. The Kier molecular flexibility index (Phi) is 5.55. The van der Waals surface area contributed by atoms with Gasteiger partial charge in [-0.25, -0.2) is 0 Å². The first-order valence-corrected chi connectivity index (χ1v) is 11.6. The molecule has 0 bridgehead atoms. The van der Waals surface area contributed by atoms with Gasteiger partial charge in [0.1, 0.15) is 6.54 Å². The number of fused-ring (bicyclic) bond motifs is 2. The molecule has 0 saturated carbocycles. The van der Waals surface area contributed by atoms with Gasteiger partial charge in [-0.15, -0.1) is 11.8 Å². The first-order valence-electron chi connectivity index (χ1n) is 10.6. The normalized spacial score (nSPS) is 19.4. The Morgan fingerprint density at radius 1 is 0.943 bits per heavy atom. The van der Waals surface area contributed by atoms with E-state index in [9.17, 15) is 27.6 Å². The third-order valence-corrected chi connectivity index (χ3v) is 7.27. The molecule has 178 valence electrons. The van der Waals surface area contributed by atoms with Crippen molar-refractivity contribution in [3.63, 3.8) is 0 Å². The molecule has 0 radical (unpaired) electrons. The van der Waals surface area contributed by atoms with Crippen molar-refractivity contribution in [1.82, 2.24) is 0 Å². The first kappa shape index (κ1) is 23.0. The van der Waals surface area contributed by atoms with Gasteiger partial charge in [0.15, 0.2) is 0 Å². The molecule has 2 heterocycles. The topological polar surface area (TPSA) is 69.7 Å². The molecule has 1 N–H and O–H groups in total. The number of carbonyl (C=O) groups is 3. The predicted octanol–water partition coefficient (Wildman–Crippen LogP) is 4.62. The lowest BCUT2D eigenvalue weighted by molar-refractivity contribution is -0.137. The average Bonchev–Trinajstić information content (AvgIpc) is 3.30. The lowest BCUT2D eigenvalue weighted by Gasteiger charge is -2.33. The van der Waals surface area contributed by atoms with Crippen LogP contribution in [0.2, 0.25) is 0 Å². The van der Waals surface area contributed by atoms with Crippen LogP contribution in [-0.4, -0.2) is 30.0 Å². The second-order valence-electron chi connectivity index (χ2n) is 8.00. The molecule has 1 atom stereocenters. The molecule has 0 unspecified atom stereocenters. The summed E-state index contributed by atoms with van der Waals surface area (Å²) in [6.07, 6.45) is -4.65. The van der Waals surface area contributed by atoms with Gasteiger partial charge < -0.3 is 5.32 Å². The van der Waals surface area contributed by atoms with Crippen LogP contribution in [0.15, 0.2) is 78.9 Å². The summed E-state index contributed by atoms with van der Waals surface area (Å²) < 4.78 is 40.0. The van der Waals surface area contributed by atoms with Gasteiger partial charge in [-0.3, -0.25) is 24.2 Å². The fourth-order valence-corrected chi connectivity index (χ4v) is 5.82. The van der Waals surface area contributed by atoms with Crippen LogP contribution >= 0.6 is 11.8 Å². The maximum absolute atomic E-state index is 13.9. The van der Waals surface area contributed by atoms with Crippen molar-refractivity contribution < 1.29 is 27.6 Å². The van der Waals surface area contributed by atoms with Crippen LogP contribution in [0.3, 0.4) is 0 Å². The molecule has 1 fully saturated rings. The van der Waals surface area contributed by atoms with Gasteiger partial charge in [0, 0.05) is 11.3 Å². The second-order valence-corrected chi connectivity index (χ2v) is 9.17. The number of amides is 3. The van der Waals surface area contributed by atoms with E-state index < -0.39 is 40.7 Å². The fraction of sp³-hybridized carbons (Fsp3) is 0.160. The number of para-hydroxylation sites is 3. The van der Waals surface area contributed by atoms with E-state index in [1.165, 1.54) is 21.9 Å². The maximum atomic E-state index is 13.9. The standard InChI is InChI=1S/C25H18F3N3O3S/c26-25(27,28)17-10-4-6-12-19(17)29-21(32)14-30-20-13-7-5-11-18(20)24(23(30)34)31(22(33)15-35-24)16-8-2-1-3-9-16/h1-13H,14-15H2,(H,29,32)/t24-/m0/s1. The third kappa shape index (κ3) is 3.74. The minimum absolute atomic E-state index is 0.0635. The molecule has 5 rings (SSSR count). The number of anilines is 3. The van der Waals surface area contributed by atoms with Gasteiger partial charge in [0.05, 0.1) is 22.7 Å². The van der Waals surface area contributed by atoms with Crippen molar-refractivity contribution in [3.8, 4) is 0 Å². The van der Waals surface area contributed by atoms with E-state index >= 15 is 0 Å². The zero-order valence-electron chi connectivity index (χ0n) is 18.1. The van der Waals surface area contributed by atoms with Gasteiger partial charge in [0.2, 0.25) is 16.7 Å². The summed E-state index contributed by atoms with van der Waals surface area (Å²) in [5, 5.41) is 2.29. The molecule has 35 heavy (non-hydrogen) atoms. The number of hydrogen-bond donors (Lipinski definition) is 1. The van der Waals surface area contributed by atoms with Crippen molar-refractivity contribution in [2.75, 3.05) is 27.4 Å². The Balaban J connectivity index is 1.49. The van der Waals surface area contributed by atoms with Crippen LogP contribution in [0.4, 0.5) is 30.2 Å². The number of nitrogens with zero attached hydrogens (tertiary/aromatic N) is 2. The molecule has 2 aliphatic heterocycles. The van der Waals surface area contributed by atoms with Gasteiger partial charge in [-0.05, 0) is 30.3 Å². The summed E-state index contributed by atoms with van der Waals surface area (Å²) in [6, 6.07) is 20.2. The highest BCUT2D eigenvalue weighted by Gasteiger charge is 2.61. The highest BCUT2D eigenvalue weighted by atomic mass is 32.2. The van der Waals surface area contributed by atoms with E-state index in [1.807, 2.05) is 0 Å². The Bertz CT molecular complexity index is 1330. The molecule has 0 aromatic heterocycles. The number of rotatable bonds is 4. The van der Waals surface area contributed by atoms with Gasteiger partial charge in [-0.2, -0.15) is 13.2 Å². The molecule has 1 saturated heterocycles. The number of nitrogens with one attached hydrogen (secondary N) is 1. The molecule has 3 amide bonds. The monoisotopic (exact) mass is 497 g/mol. The number of alkyl halides is 3. The van der Waals surface area contributed by atoms with E-state index in [2.05, 4.69) is 5.32 Å². The van der Waals surface area contributed by atoms with Crippen LogP contribution in [0.1, 0.15) is 11.1 Å². The van der Waals surface area contributed by atoms with Gasteiger partial charge >= 0.3 is 6.18 Å². The Hall–Kier alpha value is -3.79. The number of benzene rings is 3. The quantitative estimate of drug-likeness (QED) is 0.571. The van der Waals surface area contributed by atoms with Gasteiger partial charge in [-0.1, -0.05) is 48.5 Å². The number of hydrogen-bond acceptors (Lipinski definition) is 4. The summed E-state index contributed by atoms with van der Waals surface area (Å²) in [7, 11) is 0. The Morgan fingerprint density at radius 3 is 2.34 bits per heavy atom. The molecule has 6 nitrogen and oxygen atoms in total. The van der Waals surface area contributed by atoms with E-state index in [0.29, 0.717) is 16.9 Å². The second kappa shape index (κ2) is 8.46. The summed E-state index contributed by atoms with van der Waals surface area (Å²) in [5.74, 6) is -1.48. The number of halogens is 3. The number of carbonyl (C=O) groups excluding carboxylic acids is 3. The van der Waals surface area contributed by atoms with E-state index in [0.717, 1.165) is 23.9 Å². The van der Waals surface area contributed by atoms with E-state index in [4.69, 9.17) is 0 Å². The lowest BCUT2D eigenvalue weighted by atomic mass is 10.0.